The van der Waals surface area contributed by atoms with Crippen molar-refractivity contribution in [1.82, 2.24) is 10.3 Å². The molecule has 1 amide bonds. The smallest absolute Gasteiger partial charge is 0.251 e. The molecular formula is C17H20N2O2. The summed E-state index contributed by atoms with van der Waals surface area (Å²) in [6.07, 6.45) is 1.68. The summed E-state index contributed by atoms with van der Waals surface area (Å²) >= 11 is 0. The number of nitrogens with zero attached hydrogens (tertiary/aromatic N) is 1. The molecule has 0 unspecified atom stereocenters. The van der Waals surface area contributed by atoms with Crippen LogP contribution in [-0.4, -0.2) is 17.5 Å². The normalized spacial score (nSPS) is 10.2. The van der Waals surface area contributed by atoms with Gasteiger partial charge in [-0.25, -0.2) is 4.98 Å². The second kappa shape index (κ2) is 6.88. The third kappa shape index (κ3) is 3.81. The van der Waals surface area contributed by atoms with Crippen LogP contribution in [-0.2, 0) is 6.54 Å². The zero-order valence-corrected chi connectivity index (χ0v) is 12.6. The van der Waals surface area contributed by atoms with Crippen molar-refractivity contribution in [3.05, 3.63) is 58.8 Å². The van der Waals surface area contributed by atoms with Gasteiger partial charge in [0.25, 0.3) is 5.91 Å². The van der Waals surface area contributed by atoms with E-state index in [0.29, 0.717) is 24.6 Å². The minimum absolute atomic E-state index is 0.0844. The number of aromatic nitrogens is 1. The van der Waals surface area contributed by atoms with Gasteiger partial charge >= 0.3 is 0 Å². The summed E-state index contributed by atoms with van der Waals surface area (Å²) in [6, 6.07) is 9.54. The highest BCUT2D eigenvalue weighted by atomic mass is 16.5. The van der Waals surface area contributed by atoms with Crippen molar-refractivity contribution in [2.75, 3.05) is 6.61 Å². The monoisotopic (exact) mass is 284 g/mol. The lowest BCUT2D eigenvalue weighted by Crippen LogP contribution is -2.24. The molecule has 0 fully saturated rings. The van der Waals surface area contributed by atoms with Crippen LogP contribution in [0.25, 0.3) is 0 Å². The van der Waals surface area contributed by atoms with Gasteiger partial charge in [0, 0.05) is 23.9 Å². The van der Waals surface area contributed by atoms with E-state index in [2.05, 4.69) is 10.3 Å². The molecule has 0 aliphatic carbocycles. The quantitative estimate of drug-likeness (QED) is 0.918. The average Bonchev–Trinajstić information content (AvgIpc) is 2.46. The summed E-state index contributed by atoms with van der Waals surface area (Å²) in [5.74, 6) is 0.486. The lowest BCUT2D eigenvalue weighted by Gasteiger charge is -2.11. The Morgan fingerprint density at radius 2 is 2.10 bits per heavy atom. The van der Waals surface area contributed by atoms with Crippen LogP contribution in [0.15, 0.2) is 36.5 Å². The predicted molar refractivity (Wildman–Crippen MR) is 82.5 cm³/mol. The van der Waals surface area contributed by atoms with Crippen LogP contribution in [0.1, 0.15) is 34.0 Å². The second-order valence-corrected chi connectivity index (χ2v) is 4.90. The van der Waals surface area contributed by atoms with Crippen molar-refractivity contribution in [2.45, 2.75) is 27.3 Å². The van der Waals surface area contributed by atoms with Crippen molar-refractivity contribution in [2.24, 2.45) is 0 Å². The number of ether oxygens (including phenoxy) is 1. The summed E-state index contributed by atoms with van der Waals surface area (Å²) in [4.78, 5) is 16.4. The molecule has 0 spiro atoms. The van der Waals surface area contributed by atoms with Crippen LogP contribution >= 0.6 is 0 Å². The number of hydrogen-bond acceptors (Lipinski definition) is 3. The van der Waals surface area contributed by atoms with Crippen molar-refractivity contribution in [3.8, 4) is 5.88 Å². The topological polar surface area (TPSA) is 51.2 Å². The van der Waals surface area contributed by atoms with Crippen molar-refractivity contribution in [3.63, 3.8) is 0 Å². The Hall–Kier alpha value is -2.36. The molecule has 1 N–H and O–H groups in total. The fourth-order valence-corrected chi connectivity index (χ4v) is 2.16. The molecule has 4 heteroatoms. The van der Waals surface area contributed by atoms with Crippen LogP contribution < -0.4 is 10.1 Å². The maximum Gasteiger partial charge on any atom is 0.251 e. The van der Waals surface area contributed by atoms with E-state index in [1.807, 2.05) is 51.1 Å². The Labute approximate surface area is 125 Å². The molecule has 2 aromatic rings. The maximum absolute atomic E-state index is 12.2. The summed E-state index contributed by atoms with van der Waals surface area (Å²) in [6.45, 7) is 6.81. The highest BCUT2D eigenvalue weighted by Crippen LogP contribution is 2.15. The first-order valence-electron chi connectivity index (χ1n) is 7.04. The van der Waals surface area contributed by atoms with E-state index in [1.54, 1.807) is 6.20 Å². The van der Waals surface area contributed by atoms with E-state index < -0.39 is 0 Å². The van der Waals surface area contributed by atoms with Gasteiger partial charge in [-0.2, -0.15) is 0 Å². The van der Waals surface area contributed by atoms with Gasteiger partial charge < -0.3 is 10.1 Å². The number of aryl methyl sites for hydroxylation is 2. The zero-order chi connectivity index (χ0) is 15.2. The number of carbonyl (C=O) groups is 1. The molecule has 2 rings (SSSR count). The molecule has 0 saturated carbocycles. The lowest BCUT2D eigenvalue weighted by atomic mass is 10.1. The van der Waals surface area contributed by atoms with Gasteiger partial charge in [0.05, 0.1) is 6.61 Å². The fraction of sp³-hybridized carbons (Fsp3) is 0.294. The fourth-order valence-electron chi connectivity index (χ4n) is 2.16. The SMILES string of the molecule is CCOc1ncccc1CNC(=O)c1ccc(C)cc1C. The van der Waals surface area contributed by atoms with Crippen LogP contribution in [0.5, 0.6) is 5.88 Å². The Morgan fingerprint density at radius 3 is 2.81 bits per heavy atom. The van der Waals surface area contributed by atoms with Gasteiger partial charge in [-0.3, -0.25) is 4.79 Å². The van der Waals surface area contributed by atoms with Crippen LogP contribution in [0.4, 0.5) is 0 Å². The Bertz CT molecular complexity index is 638. The van der Waals surface area contributed by atoms with Crippen LogP contribution in [0.3, 0.4) is 0 Å². The average molecular weight is 284 g/mol. The second-order valence-electron chi connectivity index (χ2n) is 4.90. The largest absolute Gasteiger partial charge is 0.478 e. The van der Waals surface area contributed by atoms with Gasteiger partial charge in [-0.1, -0.05) is 23.8 Å². The van der Waals surface area contributed by atoms with E-state index in [1.165, 1.54) is 0 Å². The van der Waals surface area contributed by atoms with E-state index in [-0.39, 0.29) is 5.91 Å². The number of nitrogens with one attached hydrogen (secondary N) is 1. The first kappa shape index (κ1) is 15.0. The number of hydrogen-bond donors (Lipinski definition) is 1. The van der Waals surface area contributed by atoms with Crippen LogP contribution in [0.2, 0.25) is 0 Å². The molecule has 0 atom stereocenters. The van der Waals surface area contributed by atoms with Gasteiger partial charge in [-0.05, 0) is 38.5 Å². The number of carbonyl (C=O) groups excluding carboxylic acids is 1. The number of pyridine rings is 1. The number of amides is 1. The Balaban J connectivity index is 2.07. The first-order chi connectivity index (χ1) is 10.1. The highest BCUT2D eigenvalue weighted by Gasteiger charge is 2.10. The molecule has 0 radical (unpaired) electrons. The van der Waals surface area contributed by atoms with E-state index in [0.717, 1.165) is 16.7 Å². The molecular weight excluding hydrogens is 264 g/mol. The Morgan fingerprint density at radius 1 is 1.29 bits per heavy atom. The van der Waals surface area contributed by atoms with Crippen molar-refractivity contribution < 1.29 is 9.53 Å². The third-order valence-electron chi connectivity index (χ3n) is 3.20. The summed E-state index contributed by atoms with van der Waals surface area (Å²) in [7, 11) is 0. The standard InChI is InChI=1S/C17H20N2O2/c1-4-21-17-14(6-5-9-18-17)11-19-16(20)15-8-7-12(2)10-13(15)3/h5-10H,4,11H2,1-3H3,(H,19,20). The van der Waals surface area contributed by atoms with E-state index >= 15 is 0 Å². The molecule has 0 bridgehead atoms. The number of rotatable bonds is 5. The zero-order valence-electron chi connectivity index (χ0n) is 12.6. The van der Waals surface area contributed by atoms with Gasteiger partial charge in [-0.15, -0.1) is 0 Å². The van der Waals surface area contributed by atoms with Gasteiger partial charge in [0.2, 0.25) is 5.88 Å². The Kier molecular flexibility index (Phi) is 4.93. The van der Waals surface area contributed by atoms with Crippen LogP contribution in [0, 0.1) is 13.8 Å². The molecule has 1 aromatic carbocycles. The minimum Gasteiger partial charge on any atom is -0.478 e. The molecule has 0 aliphatic heterocycles. The lowest BCUT2D eigenvalue weighted by molar-refractivity contribution is 0.0950. The van der Waals surface area contributed by atoms with Gasteiger partial charge in [0.1, 0.15) is 0 Å². The van der Waals surface area contributed by atoms with E-state index in [9.17, 15) is 4.79 Å². The molecule has 0 saturated heterocycles. The third-order valence-corrected chi connectivity index (χ3v) is 3.20. The van der Waals surface area contributed by atoms with Crippen molar-refractivity contribution >= 4 is 5.91 Å². The first-order valence-corrected chi connectivity index (χ1v) is 7.04. The summed E-state index contributed by atoms with van der Waals surface area (Å²) < 4.78 is 5.45. The van der Waals surface area contributed by atoms with Gasteiger partial charge in [0.15, 0.2) is 0 Å². The molecule has 0 aliphatic rings. The molecule has 1 aromatic heterocycles. The highest BCUT2D eigenvalue weighted by molar-refractivity contribution is 5.95. The van der Waals surface area contributed by atoms with E-state index in [4.69, 9.17) is 4.74 Å². The summed E-state index contributed by atoms with van der Waals surface area (Å²) in [5, 5.41) is 2.92. The minimum atomic E-state index is -0.0844. The molecule has 1 heterocycles. The molecule has 21 heavy (non-hydrogen) atoms. The molecule has 4 nitrogen and oxygen atoms in total. The maximum atomic E-state index is 12.2. The van der Waals surface area contributed by atoms with Crippen molar-refractivity contribution in [1.29, 1.82) is 0 Å². The predicted octanol–water partition coefficient (Wildman–Crippen LogP) is 3.03. The summed E-state index contributed by atoms with van der Waals surface area (Å²) in [5.41, 5.74) is 3.69. The number of benzene rings is 1. The molecule has 110 valence electrons.